The largest absolute Gasteiger partial charge is 0.489 e. The van der Waals surface area contributed by atoms with E-state index in [9.17, 15) is 13.2 Å². The van der Waals surface area contributed by atoms with Crippen LogP contribution in [-0.2, 0) is 21.2 Å². The van der Waals surface area contributed by atoms with E-state index in [1.165, 1.54) is 4.31 Å². The number of carbonyl (C=O) groups excluding carboxylic acids is 1. The first-order valence-corrected chi connectivity index (χ1v) is 12.1. The number of hydrogen-bond donors (Lipinski definition) is 0. The van der Waals surface area contributed by atoms with Crippen molar-refractivity contribution in [3.8, 4) is 11.5 Å². The Labute approximate surface area is 187 Å². The van der Waals surface area contributed by atoms with Crippen molar-refractivity contribution in [2.75, 3.05) is 39.4 Å². The Morgan fingerprint density at radius 1 is 1.03 bits per heavy atom. The molecule has 2 aromatic carbocycles. The van der Waals surface area contributed by atoms with Crippen LogP contribution >= 0.6 is 11.6 Å². The zero-order valence-electron chi connectivity index (χ0n) is 17.3. The van der Waals surface area contributed by atoms with Gasteiger partial charge in [-0.3, -0.25) is 4.79 Å². The van der Waals surface area contributed by atoms with Gasteiger partial charge in [0.05, 0.1) is 29.6 Å². The third-order valence-electron chi connectivity index (χ3n) is 5.47. The van der Waals surface area contributed by atoms with Gasteiger partial charge in [0.1, 0.15) is 0 Å². The summed E-state index contributed by atoms with van der Waals surface area (Å²) >= 11 is 6.32. The van der Waals surface area contributed by atoms with E-state index in [4.69, 9.17) is 21.1 Å². The Hall–Kier alpha value is -2.29. The minimum Gasteiger partial charge on any atom is -0.489 e. The number of nitrogens with zero attached hydrogens (tertiary/aromatic N) is 2. The fourth-order valence-corrected chi connectivity index (χ4v) is 5.42. The molecule has 2 heterocycles. The van der Waals surface area contributed by atoms with E-state index in [0.717, 1.165) is 17.5 Å². The highest BCUT2D eigenvalue weighted by Crippen LogP contribution is 2.38. The summed E-state index contributed by atoms with van der Waals surface area (Å²) in [5.41, 5.74) is 1.75. The van der Waals surface area contributed by atoms with E-state index in [0.29, 0.717) is 42.8 Å². The quantitative estimate of drug-likeness (QED) is 0.695. The zero-order valence-corrected chi connectivity index (χ0v) is 18.9. The molecule has 0 aromatic heterocycles. The van der Waals surface area contributed by atoms with Gasteiger partial charge in [-0.2, -0.15) is 4.31 Å². The maximum absolute atomic E-state index is 12.9. The molecule has 0 spiro atoms. The number of aryl methyl sites for hydroxylation is 1. The summed E-state index contributed by atoms with van der Waals surface area (Å²) < 4.78 is 38.5. The number of carbonyl (C=O) groups is 1. The maximum Gasteiger partial charge on any atom is 0.243 e. The highest BCUT2D eigenvalue weighted by molar-refractivity contribution is 7.89. The number of halogens is 1. The Bertz CT molecular complexity index is 1060. The van der Waals surface area contributed by atoms with Crippen molar-refractivity contribution in [2.24, 2.45) is 0 Å². The van der Waals surface area contributed by atoms with E-state index in [1.54, 1.807) is 41.3 Å². The molecule has 4 rings (SSSR count). The molecule has 0 aliphatic carbocycles. The summed E-state index contributed by atoms with van der Waals surface area (Å²) in [4.78, 5) is 14.8. The van der Waals surface area contributed by atoms with Crippen molar-refractivity contribution in [1.82, 2.24) is 9.21 Å². The second-order valence-electron chi connectivity index (χ2n) is 7.73. The van der Waals surface area contributed by atoms with E-state index >= 15 is 0 Å². The Kier molecular flexibility index (Phi) is 6.41. The van der Waals surface area contributed by atoms with Crippen molar-refractivity contribution in [3.63, 3.8) is 0 Å². The molecule has 0 saturated carbocycles. The molecule has 0 N–H and O–H groups in total. The molecule has 7 nitrogen and oxygen atoms in total. The standard InChI is InChI=1S/C22H25ClN2O5S/c1-16-3-5-18(6-4-16)31(27,28)25-9-7-24(8-10-25)21(26)15-17-13-19(23)22-20(14-17)29-11-2-12-30-22/h3-6,13-14H,2,7-12,15H2,1H3. The molecular formula is C22H25ClN2O5S. The lowest BCUT2D eigenvalue weighted by molar-refractivity contribution is -0.131. The molecule has 166 valence electrons. The van der Waals surface area contributed by atoms with Crippen LogP contribution in [-0.4, -0.2) is 62.9 Å². The molecule has 0 unspecified atom stereocenters. The molecule has 0 atom stereocenters. The van der Waals surface area contributed by atoms with E-state index < -0.39 is 10.0 Å². The van der Waals surface area contributed by atoms with Crippen molar-refractivity contribution in [3.05, 3.63) is 52.5 Å². The highest BCUT2D eigenvalue weighted by atomic mass is 35.5. The number of rotatable bonds is 4. The predicted molar refractivity (Wildman–Crippen MR) is 117 cm³/mol. The first-order chi connectivity index (χ1) is 14.8. The van der Waals surface area contributed by atoms with Crippen LogP contribution < -0.4 is 9.47 Å². The molecule has 2 aliphatic heterocycles. The number of sulfonamides is 1. The number of fused-ring (bicyclic) bond motifs is 1. The number of hydrogen-bond acceptors (Lipinski definition) is 5. The van der Waals surface area contributed by atoms with Crippen molar-refractivity contribution < 1.29 is 22.7 Å². The Morgan fingerprint density at radius 3 is 2.42 bits per heavy atom. The van der Waals surface area contributed by atoms with Gasteiger partial charge in [-0.15, -0.1) is 0 Å². The van der Waals surface area contributed by atoms with Crippen LogP contribution in [0.3, 0.4) is 0 Å². The van der Waals surface area contributed by atoms with Crippen LogP contribution in [0.1, 0.15) is 17.5 Å². The van der Waals surface area contributed by atoms with Gasteiger partial charge in [-0.05, 0) is 36.8 Å². The van der Waals surface area contributed by atoms with Gasteiger partial charge in [-0.25, -0.2) is 8.42 Å². The molecule has 2 aliphatic rings. The van der Waals surface area contributed by atoms with Crippen LogP contribution in [0.4, 0.5) is 0 Å². The Balaban J connectivity index is 1.39. The van der Waals surface area contributed by atoms with Gasteiger partial charge in [0.25, 0.3) is 0 Å². The van der Waals surface area contributed by atoms with Gasteiger partial charge >= 0.3 is 0 Å². The molecule has 0 radical (unpaired) electrons. The average Bonchev–Trinajstić information content (AvgIpc) is 3.00. The van der Waals surface area contributed by atoms with Crippen molar-refractivity contribution >= 4 is 27.5 Å². The van der Waals surface area contributed by atoms with E-state index in [2.05, 4.69) is 0 Å². The van der Waals surface area contributed by atoms with Gasteiger partial charge in [0.2, 0.25) is 15.9 Å². The lowest BCUT2D eigenvalue weighted by atomic mass is 10.1. The number of benzene rings is 2. The Morgan fingerprint density at radius 2 is 1.71 bits per heavy atom. The van der Waals surface area contributed by atoms with Crippen molar-refractivity contribution in [1.29, 1.82) is 0 Å². The first kappa shape index (κ1) is 21.9. The predicted octanol–water partition coefficient (Wildman–Crippen LogP) is 2.89. The minimum atomic E-state index is -3.56. The molecule has 2 aromatic rings. The van der Waals surface area contributed by atoms with Gasteiger partial charge in [0, 0.05) is 32.6 Å². The highest BCUT2D eigenvalue weighted by Gasteiger charge is 2.30. The second kappa shape index (κ2) is 9.06. The lowest BCUT2D eigenvalue weighted by Gasteiger charge is -2.34. The normalized spacial score (nSPS) is 17.3. The van der Waals surface area contributed by atoms with Crippen molar-refractivity contribution in [2.45, 2.75) is 24.7 Å². The van der Waals surface area contributed by atoms with Gasteiger partial charge in [-0.1, -0.05) is 29.3 Å². The van der Waals surface area contributed by atoms with E-state index in [-0.39, 0.29) is 30.3 Å². The fraction of sp³-hybridized carbons (Fsp3) is 0.409. The van der Waals surface area contributed by atoms with Crippen LogP contribution in [0.25, 0.3) is 0 Å². The first-order valence-electron chi connectivity index (χ1n) is 10.3. The minimum absolute atomic E-state index is 0.0714. The fourth-order valence-electron chi connectivity index (χ4n) is 3.71. The zero-order chi connectivity index (χ0) is 22.0. The van der Waals surface area contributed by atoms with Crippen LogP contribution in [0.5, 0.6) is 11.5 Å². The SMILES string of the molecule is Cc1ccc(S(=O)(=O)N2CCN(C(=O)Cc3cc(Cl)c4c(c3)OCCCO4)CC2)cc1. The van der Waals surface area contributed by atoms with Gasteiger partial charge in [0.15, 0.2) is 11.5 Å². The summed E-state index contributed by atoms with van der Waals surface area (Å²) in [5, 5.41) is 0.427. The summed E-state index contributed by atoms with van der Waals surface area (Å²) in [6.45, 7) is 4.23. The van der Waals surface area contributed by atoms with Gasteiger partial charge < -0.3 is 14.4 Å². The van der Waals surface area contributed by atoms with Crippen LogP contribution in [0, 0.1) is 6.92 Å². The number of ether oxygens (including phenoxy) is 2. The second-order valence-corrected chi connectivity index (χ2v) is 10.1. The molecule has 9 heteroatoms. The summed E-state index contributed by atoms with van der Waals surface area (Å²) in [5.74, 6) is 1.00. The van der Waals surface area contributed by atoms with E-state index in [1.807, 2.05) is 6.92 Å². The summed E-state index contributed by atoms with van der Waals surface area (Å²) in [6.07, 6.45) is 0.941. The van der Waals surface area contributed by atoms with Crippen LogP contribution in [0.2, 0.25) is 5.02 Å². The molecule has 1 amide bonds. The average molecular weight is 465 g/mol. The summed E-state index contributed by atoms with van der Waals surface area (Å²) in [7, 11) is -3.56. The monoisotopic (exact) mass is 464 g/mol. The molecule has 1 fully saturated rings. The smallest absolute Gasteiger partial charge is 0.243 e. The molecular weight excluding hydrogens is 440 g/mol. The topological polar surface area (TPSA) is 76.2 Å². The number of piperazine rings is 1. The maximum atomic E-state index is 12.9. The molecule has 31 heavy (non-hydrogen) atoms. The van der Waals surface area contributed by atoms with Crippen LogP contribution in [0.15, 0.2) is 41.3 Å². The molecule has 1 saturated heterocycles. The third-order valence-corrected chi connectivity index (χ3v) is 7.66. The summed E-state index contributed by atoms with van der Waals surface area (Å²) in [6, 6.07) is 10.3. The third kappa shape index (κ3) is 4.81. The molecule has 0 bridgehead atoms. The lowest BCUT2D eigenvalue weighted by Crippen LogP contribution is -2.50. The number of amides is 1.